The molecule has 0 unspecified atom stereocenters. The molecule has 7 heteroatoms. The van der Waals surface area contributed by atoms with Crippen molar-refractivity contribution in [1.82, 2.24) is 10.6 Å². The van der Waals surface area contributed by atoms with E-state index in [2.05, 4.69) is 22.2 Å². The molecule has 0 saturated carbocycles. The van der Waals surface area contributed by atoms with Crippen molar-refractivity contribution in [2.45, 2.75) is 39.0 Å². The van der Waals surface area contributed by atoms with Crippen molar-refractivity contribution in [3.63, 3.8) is 0 Å². The zero-order valence-electron chi connectivity index (χ0n) is 18.7. The van der Waals surface area contributed by atoms with Gasteiger partial charge in [-0.05, 0) is 43.5 Å². The number of hydrogen-bond acceptors (Lipinski definition) is 4. The van der Waals surface area contributed by atoms with Crippen LogP contribution in [0.3, 0.4) is 0 Å². The number of piperidine rings is 1. The van der Waals surface area contributed by atoms with E-state index in [9.17, 15) is 9.50 Å². The molecule has 1 aliphatic heterocycles. The molecular formula is C25H33FN4O2. The van der Waals surface area contributed by atoms with Crippen molar-refractivity contribution in [3.8, 4) is 5.75 Å². The Morgan fingerprint density at radius 3 is 2.75 bits per heavy atom. The molecule has 0 spiro atoms. The highest BCUT2D eigenvalue weighted by Crippen LogP contribution is 2.24. The molecule has 1 fully saturated rings. The standard InChI is InChI=1S/C25H33FN4O2/c1-3-15-32-24-8-6-5-7-20(24)18-29-25(27-4-2)28-17-19-9-10-23(22(26)16-19)30-13-11-21(31)12-14-30/h3,5-10,16,21,31H,1,4,11-15,17-18H2,2H3,(H2,27,28,29). The van der Waals surface area contributed by atoms with E-state index in [-0.39, 0.29) is 11.9 Å². The Morgan fingerprint density at radius 1 is 1.25 bits per heavy atom. The van der Waals surface area contributed by atoms with Crippen LogP contribution in [0.4, 0.5) is 10.1 Å². The second-order valence-corrected chi connectivity index (χ2v) is 7.76. The van der Waals surface area contributed by atoms with Crippen molar-refractivity contribution in [3.05, 3.63) is 72.1 Å². The van der Waals surface area contributed by atoms with Crippen LogP contribution in [0, 0.1) is 5.82 Å². The summed E-state index contributed by atoms with van der Waals surface area (Å²) in [6.45, 7) is 9.10. The Hall–Kier alpha value is -3.06. The third kappa shape index (κ3) is 6.72. The molecule has 6 nitrogen and oxygen atoms in total. The maximum absolute atomic E-state index is 14.7. The fraction of sp³-hybridized carbons (Fsp3) is 0.400. The monoisotopic (exact) mass is 440 g/mol. The van der Waals surface area contributed by atoms with Crippen LogP contribution in [-0.4, -0.2) is 43.4 Å². The van der Waals surface area contributed by atoms with E-state index < -0.39 is 0 Å². The van der Waals surface area contributed by atoms with Gasteiger partial charge in [-0.2, -0.15) is 0 Å². The number of rotatable bonds is 9. The Labute approximate surface area is 189 Å². The molecule has 0 aliphatic carbocycles. The van der Waals surface area contributed by atoms with Gasteiger partial charge in [-0.15, -0.1) is 0 Å². The van der Waals surface area contributed by atoms with Gasteiger partial charge in [0.05, 0.1) is 18.3 Å². The number of aliphatic hydroxyl groups excluding tert-OH is 1. The van der Waals surface area contributed by atoms with Crippen LogP contribution in [0.25, 0.3) is 0 Å². The van der Waals surface area contributed by atoms with Gasteiger partial charge in [0.2, 0.25) is 0 Å². The topological polar surface area (TPSA) is 69.1 Å². The zero-order valence-corrected chi connectivity index (χ0v) is 18.7. The lowest BCUT2D eigenvalue weighted by Gasteiger charge is -2.31. The first kappa shape index (κ1) is 23.6. The molecule has 1 aliphatic rings. The molecule has 1 saturated heterocycles. The second-order valence-electron chi connectivity index (χ2n) is 7.76. The normalized spacial score (nSPS) is 14.8. The third-order valence-electron chi connectivity index (χ3n) is 5.36. The first-order valence-corrected chi connectivity index (χ1v) is 11.2. The number of aliphatic imine (C=N–C) groups is 1. The first-order chi connectivity index (χ1) is 15.6. The summed E-state index contributed by atoms with van der Waals surface area (Å²) in [5, 5.41) is 16.2. The minimum Gasteiger partial charge on any atom is -0.489 e. The number of halogens is 1. The molecule has 32 heavy (non-hydrogen) atoms. The van der Waals surface area contributed by atoms with E-state index in [0.29, 0.717) is 63.8 Å². The van der Waals surface area contributed by atoms with Crippen molar-refractivity contribution in [1.29, 1.82) is 0 Å². The highest BCUT2D eigenvalue weighted by atomic mass is 19.1. The van der Waals surface area contributed by atoms with Gasteiger partial charge in [-0.1, -0.05) is 36.9 Å². The maximum atomic E-state index is 14.7. The average molecular weight is 441 g/mol. The van der Waals surface area contributed by atoms with Crippen LogP contribution in [-0.2, 0) is 13.1 Å². The Kier molecular flexibility index (Phi) is 8.92. The molecule has 0 atom stereocenters. The molecule has 0 amide bonds. The summed E-state index contributed by atoms with van der Waals surface area (Å²) in [5.74, 6) is 1.21. The van der Waals surface area contributed by atoms with Gasteiger partial charge >= 0.3 is 0 Å². The minimum atomic E-state index is -0.277. The summed E-state index contributed by atoms with van der Waals surface area (Å²) >= 11 is 0. The predicted octanol–water partition coefficient (Wildman–Crippen LogP) is 3.61. The van der Waals surface area contributed by atoms with E-state index in [1.165, 1.54) is 0 Å². The van der Waals surface area contributed by atoms with Crippen LogP contribution in [0.2, 0.25) is 0 Å². The zero-order chi connectivity index (χ0) is 22.8. The first-order valence-electron chi connectivity index (χ1n) is 11.2. The van der Waals surface area contributed by atoms with Gasteiger partial charge < -0.3 is 25.4 Å². The SMILES string of the molecule is C=CCOc1ccccc1CNC(=NCc1ccc(N2CCC(O)CC2)c(F)c1)NCC. The quantitative estimate of drug-likeness (QED) is 0.316. The number of nitrogens with one attached hydrogen (secondary N) is 2. The predicted molar refractivity (Wildman–Crippen MR) is 128 cm³/mol. The highest BCUT2D eigenvalue weighted by Gasteiger charge is 2.19. The van der Waals surface area contributed by atoms with Crippen LogP contribution in [0.1, 0.15) is 30.9 Å². The summed E-state index contributed by atoms with van der Waals surface area (Å²) in [5.41, 5.74) is 2.41. The van der Waals surface area contributed by atoms with E-state index >= 15 is 0 Å². The van der Waals surface area contributed by atoms with Gasteiger partial charge in [0.15, 0.2) is 5.96 Å². The summed E-state index contributed by atoms with van der Waals surface area (Å²) in [7, 11) is 0. The summed E-state index contributed by atoms with van der Waals surface area (Å²) in [4.78, 5) is 6.60. The second kappa shape index (κ2) is 12.1. The van der Waals surface area contributed by atoms with Crippen molar-refractivity contribution in [2.24, 2.45) is 4.99 Å². The van der Waals surface area contributed by atoms with Crippen molar-refractivity contribution in [2.75, 3.05) is 31.1 Å². The van der Waals surface area contributed by atoms with Gasteiger partial charge in [0.25, 0.3) is 0 Å². The lowest BCUT2D eigenvalue weighted by molar-refractivity contribution is 0.145. The third-order valence-corrected chi connectivity index (χ3v) is 5.36. The molecule has 2 aromatic rings. The fourth-order valence-corrected chi connectivity index (χ4v) is 3.64. The number of benzene rings is 2. The number of ether oxygens (including phenoxy) is 1. The lowest BCUT2D eigenvalue weighted by Crippen LogP contribution is -2.37. The smallest absolute Gasteiger partial charge is 0.191 e. The molecule has 3 N–H and O–H groups in total. The maximum Gasteiger partial charge on any atom is 0.191 e. The van der Waals surface area contributed by atoms with E-state index in [0.717, 1.165) is 16.9 Å². The molecule has 0 bridgehead atoms. The summed E-state index contributed by atoms with van der Waals surface area (Å²) in [6.07, 6.45) is 2.78. The average Bonchev–Trinajstić information content (AvgIpc) is 2.81. The number of aliphatic hydroxyl groups is 1. The number of guanidine groups is 1. The number of nitrogens with zero attached hydrogens (tertiary/aromatic N) is 2. The minimum absolute atomic E-state index is 0.250. The number of anilines is 1. The fourth-order valence-electron chi connectivity index (χ4n) is 3.64. The van der Waals surface area contributed by atoms with Gasteiger partial charge in [0, 0.05) is 31.7 Å². The van der Waals surface area contributed by atoms with Crippen LogP contribution in [0.5, 0.6) is 5.75 Å². The van der Waals surface area contributed by atoms with E-state index in [1.54, 1.807) is 12.1 Å². The summed E-state index contributed by atoms with van der Waals surface area (Å²) < 4.78 is 20.4. The van der Waals surface area contributed by atoms with E-state index in [1.807, 2.05) is 48.2 Å². The molecule has 0 aromatic heterocycles. The molecular weight excluding hydrogens is 407 g/mol. The number of para-hydroxylation sites is 1. The Balaban J connectivity index is 1.62. The van der Waals surface area contributed by atoms with Crippen LogP contribution >= 0.6 is 0 Å². The molecule has 172 valence electrons. The largest absolute Gasteiger partial charge is 0.489 e. The van der Waals surface area contributed by atoms with Crippen LogP contribution < -0.4 is 20.3 Å². The van der Waals surface area contributed by atoms with Gasteiger partial charge in [0.1, 0.15) is 18.2 Å². The van der Waals surface area contributed by atoms with Crippen molar-refractivity contribution >= 4 is 11.6 Å². The molecule has 3 rings (SSSR count). The highest BCUT2D eigenvalue weighted by molar-refractivity contribution is 5.79. The summed E-state index contributed by atoms with van der Waals surface area (Å²) in [6, 6.07) is 13.1. The Bertz CT molecular complexity index is 911. The Morgan fingerprint density at radius 2 is 2.03 bits per heavy atom. The van der Waals surface area contributed by atoms with Gasteiger partial charge in [-0.25, -0.2) is 9.38 Å². The van der Waals surface area contributed by atoms with E-state index in [4.69, 9.17) is 4.74 Å². The lowest BCUT2D eigenvalue weighted by atomic mass is 10.1. The molecule has 2 aromatic carbocycles. The van der Waals surface area contributed by atoms with Crippen LogP contribution in [0.15, 0.2) is 60.1 Å². The molecule has 1 heterocycles. The molecule has 0 radical (unpaired) electrons. The van der Waals surface area contributed by atoms with Gasteiger partial charge in [-0.3, -0.25) is 0 Å². The number of hydrogen-bond donors (Lipinski definition) is 3. The van der Waals surface area contributed by atoms with Crippen molar-refractivity contribution < 1.29 is 14.2 Å².